The Morgan fingerprint density at radius 3 is 0.576 bits per heavy atom. The molecule has 6 aliphatic carbocycles. The van der Waals surface area contributed by atoms with Crippen LogP contribution in [0, 0.1) is 92.7 Å². The number of hydrogen-bond acceptors (Lipinski definition) is 12. The first-order chi connectivity index (χ1) is 63.0. The first kappa shape index (κ1) is 130. The fourth-order valence-corrected chi connectivity index (χ4v) is 29.2. The lowest BCUT2D eigenvalue weighted by atomic mass is 9.75. The van der Waals surface area contributed by atoms with E-state index in [1.54, 1.807) is 0 Å². The van der Waals surface area contributed by atoms with Crippen molar-refractivity contribution in [2.45, 2.75) is 544 Å². The van der Waals surface area contributed by atoms with Crippen molar-refractivity contribution in [1.29, 1.82) is 0 Å². The average molecular weight is 1860 g/mol. The average Bonchev–Trinajstić information content (AvgIpc) is 1.55. The van der Waals surface area contributed by atoms with E-state index >= 15 is 0 Å². The van der Waals surface area contributed by atoms with Gasteiger partial charge in [0.1, 0.15) is 0 Å². The van der Waals surface area contributed by atoms with Crippen LogP contribution in [0.25, 0.3) is 0 Å². The number of piperidine rings is 2. The van der Waals surface area contributed by atoms with Gasteiger partial charge in [-0.1, -0.05) is 166 Å². The summed E-state index contributed by atoms with van der Waals surface area (Å²) in [4.78, 5) is 32.6. The molecule has 792 valence electrons. The molecule has 18 rings (SSSR count). The first-order valence-corrected chi connectivity index (χ1v) is 59.9. The molecule has 12 atom stereocenters. The summed E-state index contributed by atoms with van der Waals surface area (Å²) in [5.41, 5.74) is 4.12. The standard InChI is InChI=1S/2C17H32N2.2C16H30N2.2C15H28N2.12C2H6/c1-13(2)18-7-5-17(6-8-18)9-15-11-19(14(3)4)12-16(15)10-17;1-13(2)18-7-5-6-17(12-18)8-15-10-19(14(3)4)11-16(15)9-17;1-12(2)17-6-5-16(11-17)7-14-9-18(13(3)4)10-15(14)8-16;1-12(2)17-10-14-8-16(9-15(14)11-17)6-5-7-18(16)13(3)4;1-11(2)16-7-13-5-15(6-14(13)8-16)9-17(10-15)12(3)4;1-11(2)16-9-13-7-15(8-14(13)10-16)5-6-17(15)12(3)4;12*1-2/h2*13-16H,5-12H2,1-4H3;2*12-15H,5-11H2,1-4H3;2*11-14H,5-10H2,1-4H3;12*1-2H3. The lowest BCUT2D eigenvalue weighted by Gasteiger charge is -2.54. The van der Waals surface area contributed by atoms with E-state index < -0.39 is 0 Å². The number of rotatable bonds is 12. The Morgan fingerprint density at radius 1 is 0.152 bits per heavy atom. The van der Waals surface area contributed by atoms with E-state index in [0.29, 0.717) is 21.9 Å². The Hall–Kier alpha value is -0.480. The number of hydrogen-bond donors (Lipinski definition) is 0. The number of likely N-dealkylation sites (tertiary alicyclic amines) is 12. The van der Waals surface area contributed by atoms with Crippen molar-refractivity contribution in [2.24, 2.45) is 92.7 Å². The quantitative estimate of drug-likeness (QED) is 0.187. The van der Waals surface area contributed by atoms with Crippen LogP contribution in [0.15, 0.2) is 0 Å². The molecular formula is C120H252N12. The highest BCUT2D eigenvalue weighted by molar-refractivity contribution is 5.14. The van der Waals surface area contributed by atoms with Crippen LogP contribution < -0.4 is 0 Å². The van der Waals surface area contributed by atoms with Gasteiger partial charge in [-0.15, -0.1) is 0 Å². The molecule has 12 heterocycles. The van der Waals surface area contributed by atoms with Crippen LogP contribution in [-0.4, -0.2) is 286 Å². The van der Waals surface area contributed by atoms with Crippen molar-refractivity contribution in [1.82, 2.24) is 58.8 Å². The van der Waals surface area contributed by atoms with Gasteiger partial charge < -0.3 is 44.1 Å². The molecule has 12 heteroatoms. The van der Waals surface area contributed by atoms with Gasteiger partial charge in [0.2, 0.25) is 0 Å². The predicted molar refractivity (Wildman–Crippen MR) is 596 cm³/mol. The molecule has 12 unspecified atom stereocenters. The van der Waals surface area contributed by atoms with Crippen LogP contribution >= 0.6 is 0 Å². The maximum absolute atomic E-state index is 2.84. The van der Waals surface area contributed by atoms with Gasteiger partial charge in [0.25, 0.3) is 0 Å². The van der Waals surface area contributed by atoms with Crippen molar-refractivity contribution in [3.63, 3.8) is 0 Å². The summed E-state index contributed by atoms with van der Waals surface area (Å²) >= 11 is 0. The van der Waals surface area contributed by atoms with Gasteiger partial charge in [-0.3, -0.25) is 14.7 Å². The summed E-state index contributed by atoms with van der Waals surface area (Å²) in [6.45, 7) is 135. The van der Waals surface area contributed by atoms with Crippen LogP contribution in [0.3, 0.4) is 0 Å². The molecule has 6 spiro atoms. The fraction of sp³-hybridized carbons (Fsp3) is 1.00. The third-order valence-corrected chi connectivity index (χ3v) is 35.5. The lowest BCUT2D eigenvalue weighted by Crippen LogP contribution is -2.61. The fourth-order valence-electron chi connectivity index (χ4n) is 29.2. The van der Waals surface area contributed by atoms with Crippen molar-refractivity contribution >= 4 is 0 Å². The zero-order chi connectivity index (χ0) is 101. The monoisotopic (exact) mass is 1860 g/mol. The zero-order valence-corrected chi connectivity index (χ0v) is 99.9. The molecule has 6 saturated carbocycles. The molecule has 12 nitrogen and oxygen atoms in total. The van der Waals surface area contributed by atoms with Crippen molar-refractivity contribution in [3.05, 3.63) is 0 Å². The molecule has 12 saturated heterocycles. The van der Waals surface area contributed by atoms with Crippen LogP contribution in [0.5, 0.6) is 0 Å². The molecule has 0 aromatic rings. The maximum Gasteiger partial charge on any atom is 0.0230 e. The molecule has 18 fully saturated rings. The van der Waals surface area contributed by atoms with Crippen molar-refractivity contribution < 1.29 is 0 Å². The van der Waals surface area contributed by atoms with E-state index in [1.807, 2.05) is 166 Å². The van der Waals surface area contributed by atoms with E-state index in [0.717, 1.165) is 154 Å². The second-order valence-electron chi connectivity index (χ2n) is 46.3. The van der Waals surface area contributed by atoms with E-state index in [-0.39, 0.29) is 0 Å². The summed E-state index contributed by atoms with van der Waals surface area (Å²) in [7, 11) is 0. The van der Waals surface area contributed by atoms with Gasteiger partial charge in [-0.05, 0) is 420 Å². The molecule has 0 amide bonds. The molecular weight excluding hydrogens is 1610 g/mol. The third-order valence-electron chi connectivity index (χ3n) is 35.5. The molecule has 12 aliphatic heterocycles. The SMILES string of the molecule is CC.CC.CC.CC.CC.CC.CC.CC.CC.CC.CC.CC.CC(C)N1CC2CC3(CC2C1)CN(C(C)C)C3.CC(C)N1CC2CC3(CCCN(C(C)C)C3)CC2C1.CC(C)N1CC2CC3(CCCN3C(C)C)CC2C1.CC(C)N1CC2CC3(CCN(C(C)C)C3)CC2C1.CC(C)N1CC2CC3(CCN3C(C)C)CC2C1.CC(C)N1CCC2(CC1)CC1CN(C(C)C)CC1C2. The zero-order valence-electron chi connectivity index (χ0n) is 99.9. The van der Waals surface area contributed by atoms with Crippen molar-refractivity contribution in [2.75, 3.05) is 144 Å². The highest BCUT2D eigenvalue weighted by Crippen LogP contribution is 2.60. The summed E-state index contributed by atoms with van der Waals surface area (Å²) in [6, 6.07) is 8.99. The van der Waals surface area contributed by atoms with Crippen LogP contribution in [0.4, 0.5) is 0 Å². The van der Waals surface area contributed by atoms with E-state index in [1.165, 1.54) is 272 Å². The van der Waals surface area contributed by atoms with Gasteiger partial charge in [-0.2, -0.15) is 0 Å². The Kier molecular flexibility index (Phi) is 62.4. The Labute approximate surface area is 834 Å². The normalized spacial score (nSPS) is 33.2. The summed E-state index contributed by atoms with van der Waals surface area (Å²) in [6.07, 6.45) is 29.9. The second kappa shape index (κ2) is 63.6. The molecule has 0 aromatic carbocycles. The Balaban J connectivity index is 0.000000756. The summed E-state index contributed by atoms with van der Waals surface area (Å²) < 4.78 is 0. The highest BCUT2D eigenvalue weighted by atomic mass is 15.3. The smallest absolute Gasteiger partial charge is 0.0230 e. The predicted octanol–water partition coefficient (Wildman–Crippen LogP) is 29.6. The molecule has 0 aromatic heterocycles. The van der Waals surface area contributed by atoms with Crippen LogP contribution in [0.1, 0.15) is 461 Å². The minimum atomic E-state index is 0.604. The van der Waals surface area contributed by atoms with Crippen molar-refractivity contribution in [3.8, 4) is 0 Å². The van der Waals surface area contributed by atoms with E-state index in [2.05, 4.69) is 225 Å². The minimum Gasteiger partial charge on any atom is -0.301 e. The number of fused-ring (bicyclic) bond motifs is 6. The first-order valence-electron chi connectivity index (χ1n) is 59.9. The lowest BCUT2D eigenvalue weighted by molar-refractivity contribution is -0.0428. The van der Waals surface area contributed by atoms with Crippen LogP contribution in [-0.2, 0) is 0 Å². The van der Waals surface area contributed by atoms with E-state index in [9.17, 15) is 0 Å². The maximum atomic E-state index is 2.84. The Morgan fingerprint density at radius 2 is 0.341 bits per heavy atom. The Bertz CT molecular complexity index is 2720. The number of nitrogens with zero attached hydrogens (tertiary/aromatic N) is 12. The molecule has 0 radical (unpaired) electrons. The molecule has 132 heavy (non-hydrogen) atoms. The molecule has 0 bridgehead atoms. The summed E-state index contributed by atoms with van der Waals surface area (Å²) in [5, 5.41) is 0. The van der Waals surface area contributed by atoms with Gasteiger partial charge in [0.05, 0.1) is 0 Å². The van der Waals surface area contributed by atoms with Gasteiger partial charge in [0.15, 0.2) is 0 Å². The van der Waals surface area contributed by atoms with Crippen LogP contribution in [0.2, 0.25) is 0 Å². The van der Waals surface area contributed by atoms with Gasteiger partial charge >= 0.3 is 0 Å². The highest BCUT2D eigenvalue weighted by Gasteiger charge is 2.60. The second-order valence-corrected chi connectivity index (χ2v) is 46.3. The third kappa shape index (κ3) is 34.4. The van der Waals surface area contributed by atoms with E-state index in [4.69, 9.17) is 0 Å². The topological polar surface area (TPSA) is 38.9 Å². The summed E-state index contributed by atoms with van der Waals surface area (Å²) in [5.74, 6) is 12.1. The minimum absolute atomic E-state index is 0.604. The van der Waals surface area contributed by atoms with Gasteiger partial charge in [0, 0.05) is 195 Å². The largest absolute Gasteiger partial charge is 0.301 e. The molecule has 18 aliphatic rings. The van der Waals surface area contributed by atoms with Gasteiger partial charge in [-0.25, -0.2) is 0 Å². The molecule has 0 N–H and O–H groups in total.